The van der Waals surface area contributed by atoms with Gasteiger partial charge in [-0.2, -0.15) is 10.1 Å². The topological polar surface area (TPSA) is 111 Å². The van der Waals surface area contributed by atoms with E-state index < -0.39 is 4.92 Å². The molecular weight excluding hydrogens is 586 g/mol. The van der Waals surface area contributed by atoms with Crippen LogP contribution in [0.15, 0.2) is 56.5 Å². The number of allylic oxidation sites excluding steroid dienone is 2. The van der Waals surface area contributed by atoms with Gasteiger partial charge in [0.05, 0.1) is 34.6 Å². The van der Waals surface area contributed by atoms with Gasteiger partial charge in [-0.1, -0.05) is 12.2 Å². The summed E-state index contributed by atoms with van der Waals surface area (Å²) >= 11 is 7.03. The number of halogens is 2. The van der Waals surface area contributed by atoms with Gasteiger partial charge in [0.25, 0.3) is 17.5 Å². The summed E-state index contributed by atoms with van der Waals surface area (Å²) in [7, 11) is 1.49. The number of nitro benzene ring substituents is 1. The van der Waals surface area contributed by atoms with Crippen LogP contribution < -0.4 is 9.47 Å². The number of carbonyl (C=O) groups is 2. The second-order valence-corrected chi connectivity index (χ2v) is 10.2. The van der Waals surface area contributed by atoms with E-state index in [1.807, 2.05) is 12.2 Å². The zero-order chi connectivity index (χ0) is 24.9. The van der Waals surface area contributed by atoms with Crippen LogP contribution in [-0.2, 0) is 16.2 Å². The number of carbonyl (C=O) groups excluding carboxylic acids is 2. The lowest BCUT2D eigenvalue weighted by Crippen LogP contribution is -2.28. The average Bonchev–Trinajstić information content (AvgIpc) is 3.53. The first-order chi connectivity index (χ1) is 16.8. The number of rotatable bonds is 7. The molecule has 9 nitrogen and oxygen atoms in total. The predicted molar refractivity (Wildman–Crippen MR) is 133 cm³/mol. The number of methoxy groups -OCH3 is 1. The summed E-state index contributed by atoms with van der Waals surface area (Å²) in [6.07, 6.45) is 6.39. The lowest BCUT2D eigenvalue weighted by molar-refractivity contribution is -0.384. The molecule has 2 bridgehead atoms. The van der Waals surface area contributed by atoms with Crippen LogP contribution in [0.1, 0.15) is 17.5 Å². The highest BCUT2D eigenvalue weighted by atomic mass is 79.9. The summed E-state index contributed by atoms with van der Waals surface area (Å²) in [6, 6.07) is 7.75. The molecule has 1 saturated heterocycles. The summed E-state index contributed by atoms with van der Waals surface area (Å²) in [5.41, 5.74) is 1.32. The predicted octanol–water partition coefficient (Wildman–Crippen LogP) is 4.85. The fourth-order valence-electron chi connectivity index (χ4n) is 4.97. The van der Waals surface area contributed by atoms with E-state index in [-0.39, 0.29) is 47.8 Å². The van der Waals surface area contributed by atoms with Gasteiger partial charge in [-0.15, -0.1) is 0 Å². The maximum Gasteiger partial charge on any atom is 0.269 e. The minimum atomic E-state index is -0.460. The zero-order valence-electron chi connectivity index (χ0n) is 18.4. The van der Waals surface area contributed by atoms with Crippen molar-refractivity contribution in [2.24, 2.45) is 28.8 Å². The molecular formula is C24H19Br2N3O6. The highest BCUT2D eigenvalue weighted by molar-refractivity contribution is 9.13. The molecule has 2 fully saturated rings. The van der Waals surface area contributed by atoms with E-state index in [1.165, 1.54) is 25.5 Å². The molecule has 0 unspecified atom stereocenters. The molecule has 180 valence electrons. The molecule has 4 atom stereocenters. The molecule has 11 heteroatoms. The molecule has 1 heterocycles. The number of nitrogens with zero attached hydrogens (tertiary/aromatic N) is 3. The molecule has 0 spiro atoms. The molecule has 1 saturated carbocycles. The van der Waals surface area contributed by atoms with Crippen LogP contribution in [0.4, 0.5) is 5.69 Å². The Morgan fingerprint density at radius 1 is 1.11 bits per heavy atom. The SMILES string of the molecule is COc1cc(C=NN2C(=O)[C@@H]3[C@H](C2=O)[C@H]2C=C[C@H]3C2)c(Br)c(Br)c1OCc1ccc([N+](=O)[O-])cc1. The monoisotopic (exact) mass is 603 g/mol. The van der Waals surface area contributed by atoms with E-state index in [2.05, 4.69) is 37.0 Å². The van der Waals surface area contributed by atoms with E-state index in [0.717, 1.165) is 17.0 Å². The normalized spacial score (nSPS) is 24.5. The molecule has 0 N–H and O–H groups in total. The molecule has 1 aliphatic heterocycles. The first-order valence-corrected chi connectivity index (χ1v) is 12.4. The smallest absolute Gasteiger partial charge is 0.269 e. The Morgan fingerprint density at radius 3 is 2.31 bits per heavy atom. The molecule has 2 aromatic rings. The van der Waals surface area contributed by atoms with Crippen molar-refractivity contribution in [3.05, 3.63) is 72.7 Å². The summed E-state index contributed by atoms with van der Waals surface area (Å²) in [5.74, 6) is -0.0626. The van der Waals surface area contributed by atoms with Crippen LogP contribution in [-0.4, -0.2) is 35.1 Å². The fraction of sp³-hybridized carbons (Fsp3) is 0.292. The van der Waals surface area contributed by atoms with Crippen molar-refractivity contribution in [2.75, 3.05) is 7.11 Å². The minimum absolute atomic E-state index is 0.00130. The number of hydrogen-bond acceptors (Lipinski definition) is 7. The number of benzene rings is 2. The summed E-state index contributed by atoms with van der Waals surface area (Å²) in [4.78, 5) is 36.1. The number of hydrogen-bond donors (Lipinski definition) is 0. The fourth-order valence-corrected chi connectivity index (χ4v) is 5.91. The Hall–Kier alpha value is -3.05. The van der Waals surface area contributed by atoms with E-state index in [4.69, 9.17) is 9.47 Å². The third-order valence-electron chi connectivity index (χ3n) is 6.67. The number of non-ortho nitro benzene ring substituents is 1. The second kappa shape index (κ2) is 9.19. The Kier molecular flexibility index (Phi) is 6.22. The molecule has 5 rings (SSSR count). The first-order valence-electron chi connectivity index (χ1n) is 10.8. The molecule has 0 aromatic heterocycles. The van der Waals surface area contributed by atoms with Crippen LogP contribution in [0.3, 0.4) is 0 Å². The number of ether oxygens (including phenoxy) is 2. The second-order valence-electron chi connectivity index (χ2n) is 8.57. The maximum atomic E-state index is 12.9. The van der Waals surface area contributed by atoms with Gasteiger partial charge in [0, 0.05) is 22.2 Å². The van der Waals surface area contributed by atoms with E-state index in [9.17, 15) is 19.7 Å². The molecule has 2 amide bonds. The zero-order valence-corrected chi connectivity index (χ0v) is 21.6. The third-order valence-corrected chi connectivity index (χ3v) is 8.81. The number of fused-ring (bicyclic) bond motifs is 5. The summed E-state index contributed by atoms with van der Waals surface area (Å²) in [5, 5.41) is 16.1. The van der Waals surface area contributed by atoms with Gasteiger partial charge in [0.2, 0.25) is 0 Å². The largest absolute Gasteiger partial charge is 0.493 e. The van der Waals surface area contributed by atoms with E-state index in [1.54, 1.807) is 18.2 Å². The van der Waals surface area contributed by atoms with E-state index >= 15 is 0 Å². The Labute approximate surface area is 217 Å². The van der Waals surface area contributed by atoms with Gasteiger partial charge in [-0.05, 0) is 73.9 Å². The van der Waals surface area contributed by atoms with Crippen LogP contribution >= 0.6 is 31.9 Å². The lowest BCUT2D eigenvalue weighted by Gasteiger charge is -2.16. The molecule has 2 aliphatic carbocycles. The third kappa shape index (κ3) is 4.06. The summed E-state index contributed by atoms with van der Waals surface area (Å²) in [6.45, 7) is 0.156. The average molecular weight is 605 g/mol. The highest BCUT2D eigenvalue weighted by Crippen LogP contribution is 2.52. The highest BCUT2D eigenvalue weighted by Gasteiger charge is 2.59. The molecule has 2 aromatic carbocycles. The summed E-state index contributed by atoms with van der Waals surface area (Å²) < 4.78 is 12.6. The van der Waals surface area contributed by atoms with Crippen molar-refractivity contribution in [1.29, 1.82) is 0 Å². The van der Waals surface area contributed by atoms with Crippen LogP contribution in [0, 0.1) is 33.8 Å². The lowest BCUT2D eigenvalue weighted by atomic mass is 9.85. The van der Waals surface area contributed by atoms with Crippen molar-refractivity contribution in [3.63, 3.8) is 0 Å². The number of imide groups is 1. The minimum Gasteiger partial charge on any atom is -0.493 e. The van der Waals surface area contributed by atoms with Crippen molar-refractivity contribution in [3.8, 4) is 11.5 Å². The Bertz CT molecular complexity index is 1260. The molecule has 3 aliphatic rings. The van der Waals surface area contributed by atoms with Gasteiger partial charge >= 0.3 is 0 Å². The standard InChI is InChI=1S/C24H19Br2N3O6/c1-34-17-9-15(10-27-28-23(30)18-13-4-5-14(8-13)19(18)24(28)31)20(25)21(26)22(17)35-11-12-2-6-16(7-3-12)29(32)33/h2-7,9-10,13-14,18-19H,8,11H2,1H3/t13-,14-,18-,19+/m0/s1. The van der Waals surface area contributed by atoms with Crippen LogP contribution in [0.2, 0.25) is 0 Å². The van der Waals surface area contributed by atoms with Crippen molar-refractivity contribution < 1.29 is 24.0 Å². The quantitative estimate of drug-likeness (QED) is 0.147. The first kappa shape index (κ1) is 23.7. The van der Waals surface area contributed by atoms with Crippen molar-refractivity contribution >= 4 is 55.6 Å². The van der Waals surface area contributed by atoms with E-state index in [0.29, 0.717) is 26.0 Å². The van der Waals surface area contributed by atoms with Crippen LogP contribution in [0.25, 0.3) is 0 Å². The van der Waals surface area contributed by atoms with Gasteiger partial charge < -0.3 is 9.47 Å². The van der Waals surface area contributed by atoms with Crippen LogP contribution in [0.5, 0.6) is 11.5 Å². The Balaban J connectivity index is 1.35. The Morgan fingerprint density at radius 2 is 1.74 bits per heavy atom. The van der Waals surface area contributed by atoms with Gasteiger partial charge in [0.1, 0.15) is 6.61 Å². The molecule has 35 heavy (non-hydrogen) atoms. The number of hydrazone groups is 1. The number of amides is 2. The van der Waals surface area contributed by atoms with Crippen molar-refractivity contribution in [2.45, 2.75) is 13.0 Å². The van der Waals surface area contributed by atoms with Gasteiger partial charge in [-0.25, -0.2) is 0 Å². The number of nitro groups is 1. The molecule has 0 radical (unpaired) electrons. The van der Waals surface area contributed by atoms with Gasteiger partial charge in [-0.3, -0.25) is 19.7 Å². The van der Waals surface area contributed by atoms with Gasteiger partial charge in [0.15, 0.2) is 11.5 Å². The maximum absolute atomic E-state index is 12.9. The van der Waals surface area contributed by atoms with Crippen molar-refractivity contribution in [1.82, 2.24) is 5.01 Å².